The summed E-state index contributed by atoms with van der Waals surface area (Å²) in [5.74, 6) is 0.932. The molecule has 356 valence electrons. The number of nitrogens with one attached hydrogen (secondary N) is 2. The van der Waals surface area contributed by atoms with Gasteiger partial charge < -0.3 is 25.4 Å². The summed E-state index contributed by atoms with van der Waals surface area (Å²) >= 11 is 9.51. The third-order valence-corrected chi connectivity index (χ3v) is 15.1. The molecule has 3 aromatic carbocycles. The van der Waals surface area contributed by atoms with Crippen LogP contribution in [0.2, 0.25) is 5.02 Å². The molecule has 18 heteroatoms. The highest BCUT2D eigenvalue weighted by Gasteiger charge is 2.42. The van der Waals surface area contributed by atoms with Crippen molar-refractivity contribution in [1.29, 1.82) is 0 Å². The number of nitrogens with zero attached hydrogens (tertiary/aromatic N) is 8. The number of thiazole rings is 1. The first-order chi connectivity index (χ1) is 33.2. The second kappa shape index (κ2) is 20.2. The summed E-state index contributed by atoms with van der Waals surface area (Å²) in [6.07, 6.45) is 2.89. The number of aliphatic hydroxyl groups is 1. The van der Waals surface area contributed by atoms with Crippen LogP contribution in [-0.2, 0) is 20.9 Å². The van der Waals surface area contributed by atoms with Crippen molar-refractivity contribution in [1.82, 2.24) is 45.1 Å². The van der Waals surface area contributed by atoms with Crippen LogP contribution >= 0.6 is 34.3 Å². The molecule has 4 atom stereocenters. The largest absolute Gasteiger partial charge is 0.492 e. The Hall–Kier alpha value is -6.53. The summed E-state index contributed by atoms with van der Waals surface area (Å²) < 4.78 is 9.78. The van der Waals surface area contributed by atoms with Gasteiger partial charge in [-0.3, -0.25) is 28.6 Å². The zero-order valence-corrected chi connectivity index (χ0v) is 41.5. The standard InChI is InChI=1S/C51H53ClN10O5S2/c1-28(2)46(50(66)60-26-39(63)21-42(60)49(65)54-23-33-10-12-35(13-11-33)47-30(4)55-27-68-47)61-25-37(24-56-61)36-8-7-9-40(20-36)67-19-18-53-43(64)22-41-48-59-58-32(6)62(48)51-44(29(3)31(5)69-51)45(57-41)34-14-16-38(52)17-15-34/h7-17,20,24-25,27-28,39,41-42,46,63H,18-19,21-23,26H2,1-6H3,(H,53,64)(H,54,65)/t39-,41?,42+,46-/m1/s1. The number of aromatic nitrogens is 6. The Labute approximate surface area is 413 Å². The molecule has 3 amide bonds. The number of likely N-dealkylation sites (tertiary alicyclic amines) is 1. The van der Waals surface area contributed by atoms with E-state index in [4.69, 9.17) is 21.3 Å². The van der Waals surface area contributed by atoms with E-state index < -0.39 is 24.2 Å². The molecule has 2 aliphatic heterocycles. The molecule has 1 saturated heterocycles. The van der Waals surface area contributed by atoms with Crippen LogP contribution in [0, 0.1) is 33.6 Å². The van der Waals surface area contributed by atoms with Crippen molar-refractivity contribution in [2.24, 2.45) is 10.9 Å². The molecule has 6 heterocycles. The lowest BCUT2D eigenvalue weighted by Gasteiger charge is -2.30. The topological polar surface area (TPSA) is 182 Å². The number of hydrogen-bond donors (Lipinski definition) is 3. The molecule has 3 N–H and O–H groups in total. The minimum absolute atomic E-state index is 0.0506. The summed E-state index contributed by atoms with van der Waals surface area (Å²) in [5, 5.41) is 31.9. The number of halogens is 1. The highest BCUT2D eigenvalue weighted by atomic mass is 35.5. The van der Waals surface area contributed by atoms with Crippen molar-refractivity contribution in [3.05, 3.63) is 140 Å². The second-order valence-corrected chi connectivity index (χ2v) is 20.3. The summed E-state index contributed by atoms with van der Waals surface area (Å²) in [5.41, 5.74) is 10.2. The maximum absolute atomic E-state index is 14.3. The van der Waals surface area contributed by atoms with E-state index in [-0.39, 0.29) is 62.7 Å². The molecule has 0 bridgehead atoms. The van der Waals surface area contributed by atoms with Crippen LogP contribution in [-0.4, -0.2) is 94.8 Å². The Bertz CT molecular complexity index is 3050. The lowest BCUT2D eigenvalue weighted by molar-refractivity contribution is -0.142. The van der Waals surface area contributed by atoms with Gasteiger partial charge in [-0.1, -0.05) is 74.0 Å². The van der Waals surface area contributed by atoms with Gasteiger partial charge in [0.15, 0.2) is 5.82 Å². The van der Waals surface area contributed by atoms with Gasteiger partial charge in [0.05, 0.1) is 47.1 Å². The van der Waals surface area contributed by atoms with Crippen molar-refractivity contribution in [2.75, 3.05) is 19.7 Å². The van der Waals surface area contributed by atoms with E-state index in [1.807, 2.05) is 117 Å². The van der Waals surface area contributed by atoms with Gasteiger partial charge in [0.1, 0.15) is 41.3 Å². The average Bonchev–Trinajstić information content (AvgIpc) is 4.18. The Morgan fingerprint density at radius 3 is 2.45 bits per heavy atom. The fraction of sp³-hybridized carbons (Fsp3) is 0.333. The number of amides is 3. The van der Waals surface area contributed by atoms with Crippen molar-refractivity contribution >= 4 is 57.7 Å². The molecule has 9 rings (SSSR count). The first-order valence-corrected chi connectivity index (χ1v) is 25.0. The summed E-state index contributed by atoms with van der Waals surface area (Å²) in [6.45, 7) is 12.7. The van der Waals surface area contributed by atoms with E-state index in [1.165, 1.54) is 9.78 Å². The Morgan fingerprint density at radius 1 is 0.942 bits per heavy atom. The molecule has 0 radical (unpaired) electrons. The Balaban J connectivity index is 0.817. The number of fused-ring (bicyclic) bond motifs is 3. The van der Waals surface area contributed by atoms with Gasteiger partial charge in [0.25, 0.3) is 0 Å². The van der Waals surface area contributed by atoms with Crippen LogP contribution < -0.4 is 15.4 Å². The maximum atomic E-state index is 14.3. The van der Waals surface area contributed by atoms with Crippen LogP contribution in [0.5, 0.6) is 5.75 Å². The van der Waals surface area contributed by atoms with Crippen LogP contribution in [0.4, 0.5) is 0 Å². The molecule has 69 heavy (non-hydrogen) atoms. The van der Waals surface area contributed by atoms with Crippen molar-refractivity contribution < 1.29 is 24.2 Å². The van der Waals surface area contributed by atoms with Crippen LogP contribution in [0.15, 0.2) is 95.7 Å². The third kappa shape index (κ3) is 10.00. The second-order valence-electron chi connectivity index (χ2n) is 17.8. The highest BCUT2D eigenvalue weighted by molar-refractivity contribution is 7.15. The Morgan fingerprint density at radius 2 is 1.71 bits per heavy atom. The lowest BCUT2D eigenvalue weighted by Crippen LogP contribution is -2.49. The fourth-order valence-electron chi connectivity index (χ4n) is 8.98. The van der Waals surface area contributed by atoms with Crippen LogP contribution in [0.1, 0.15) is 83.2 Å². The number of aryl methyl sites for hydroxylation is 3. The van der Waals surface area contributed by atoms with Crippen molar-refractivity contribution in [2.45, 2.75) is 85.2 Å². The van der Waals surface area contributed by atoms with E-state index in [2.05, 4.69) is 44.8 Å². The minimum atomic E-state index is -0.829. The summed E-state index contributed by atoms with van der Waals surface area (Å²) in [4.78, 5) is 54.8. The quantitative estimate of drug-likeness (QED) is 0.0855. The zero-order chi connectivity index (χ0) is 48.5. The van der Waals surface area contributed by atoms with E-state index in [0.717, 1.165) is 66.1 Å². The number of rotatable bonds is 15. The summed E-state index contributed by atoms with van der Waals surface area (Å²) in [7, 11) is 0. The molecule has 2 aliphatic rings. The number of ether oxygens (including phenoxy) is 1. The van der Waals surface area contributed by atoms with Gasteiger partial charge in [0, 0.05) is 52.3 Å². The number of aliphatic hydroxyl groups excluding tert-OH is 1. The van der Waals surface area contributed by atoms with E-state index in [9.17, 15) is 19.5 Å². The third-order valence-electron chi connectivity index (χ3n) is 12.7. The Kier molecular flexibility index (Phi) is 13.9. The zero-order valence-electron chi connectivity index (χ0n) is 39.1. The maximum Gasteiger partial charge on any atom is 0.248 e. The summed E-state index contributed by atoms with van der Waals surface area (Å²) in [6, 6.07) is 20.9. The highest BCUT2D eigenvalue weighted by Crippen LogP contribution is 2.40. The molecule has 0 spiro atoms. The minimum Gasteiger partial charge on any atom is -0.492 e. The van der Waals surface area contributed by atoms with Crippen LogP contribution in [0.3, 0.4) is 0 Å². The number of carbonyl (C=O) groups is 3. The van der Waals surface area contributed by atoms with Crippen molar-refractivity contribution in [3.63, 3.8) is 0 Å². The number of aliphatic imine (C=N–C) groups is 1. The average molecular weight is 986 g/mol. The van der Waals surface area contributed by atoms with E-state index >= 15 is 0 Å². The normalized spacial score (nSPS) is 17.0. The molecule has 4 aromatic heterocycles. The fourth-order valence-corrected chi connectivity index (χ4v) is 11.1. The number of carbonyl (C=O) groups excluding carboxylic acids is 3. The van der Waals surface area contributed by atoms with Gasteiger partial charge in [-0.15, -0.1) is 32.9 Å². The molecule has 15 nitrogen and oxygen atoms in total. The predicted molar refractivity (Wildman–Crippen MR) is 268 cm³/mol. The monoisotopic (exact) mass is 984 g/mol. The molecular weight excluding hydrogens is 932 g/mol. The number of β-amino-alcohol motifs (C(OH)–C–C–N with tert-alkyl or cyclic N) is 1. The predicted octanol–water partition coefficient (Wildman–Crippen LogP) is 8.16. The molecule has 1 unspecified atom stereocenters. The molecular formula is C51H53ClN10O5S2. The smallest absolute Gasteiger partial charge is 0.248 e. The SMILES string of the molecule is Cc1ncsc1-c1ccc(CNC(=O)[C@@H]2C[C@@H](O)CN2C(=O)[C@@H](C(C)C)n2cc(-c3cccc(OCCNC(=O)CC4N=C(c5ccc(Cl)cc5)c5c(sc(C)c5C)-n5c(C)nnc54)c3)cn2)cc1. The van der Waals surface area contributed by atoms with Gasteiger partial charge in [-0.25, -0.2) is 4.98 Å². The first kappa shape index (κ1) is 47.5. The first-order valence-electron chi connectivity index (χ1n) is 22.9. The van der Waals surface area contributed by atoms with Gasteiger partial charge in [-0.05, 0) is 80.1 Å². The van der Waals surface area contributed by atoms with Crippen molar-refractivity contribution in [3.8, 4) is 32.3 Å². The van der Waals surface area contributed by atoms with Gasteiger partial charge >= 0.3 is 0 Å². The van der Waals surface area contributed by atoms with Gasteiger partial charge in [0.2, 0.25) is 17.7 Å². The van der Waals surface area contributed by atoms with Gasteiger partial charge in [-0.2, -0.15) is 5.10 Å². The van der Waals surface area contributed by atoms with Crippen LogP contribution in [0.25, 0.3) is 26.6 Å². The van der Waals surface area contributed by atoms with E-state index in [0.29, 0.717) is 16.6 Å². The molecule has 7 aromatic rings. The number of thiophene rings is 1. The number of benzene rings is 3. The van der Waals surface area contributed by atoms with E-state index in [1.54, 1.807) is 33.6 Å². The molecule has 0 saturated carbocycles. The molecule has 0 aliphatic carbocycles. The lowest BCUT2D eigenvalue weighted by atomic mass is 9.99. The number of hydrogen-bond acceptors (Lipinski definition) is 12. The molecule has 1 fully saturated rings.